The van der Waals surface area contributed by atoms with E-state index in [9.17, 15) is 23.1 Å². The van der Waals surface area contributed by atoms with E-state index in [4.69, 9.17) is 4.74 Å². The Morgan fingerprint density at radius 2 is 1.77 bits per heavy atom. The molecule has 0 atom stereocenters. The summed E-state index contributed by atoms with van der Waals surface area (Å²) in [6, 6.07) is 9.50. The number of hydrogen-bond donors (Lipinski definition) is 2. The average molecular weight is 489 g/mol. The van der Waals surface area contributed by atoms with Gasteiger partial charge in [-0.1, -0.05) is 6.42 Å². The van der Waals surface area contributed by atoms with Gasteiger partial charge < -0.3 is 19.7 Å². The molecule has 188 valence electrons. The minimum Gasteiger partial charge on any atom is -0.396 e. The van der Waals surface area contributed by atoms with Crippen molar-refractivity contribution < 1.29 is 27.8 Å². The number of carbonyl (C=O) groups excluding carboxylic acids is 1. The molecule has 1 saturated carbocycles. The molecule has 8 heteroatoms. The molecule has 2 aromatic carbocycles. The topological polar surface area (TPSA) is 65.6 Å². The van der Waals surface area contributed by atoms with Crippen molar-refractivity contribution in [2.45, 2.75) is 32.1 Å². The normalized spacial score (nSPS) is 17.4. The molecule has 5 nitrogen and oxygen atoms in total. The first-order valence-corrected chi connectivity index (χ1v) is 12.0. The van der Waals surface area contributed by atoms with Gasteiger partial charge in [0.2, 0.25) is 5.91 Å². The van der Waals surface area contributed by atoms with E-state index in [1.54, 1.807) is 18.2 Å². The smallest absolute Gasteiger partial charge is 0.225 e. The zero-order chi connectivity index (χ0) is 25.0. The van der Waals surface area contributed by atoms with Crippen LogP contribution in [0.15, 0.2) is 42.5 Å². The SMILES string of the molecule is CN(CC1(CO)CCOCC1)C(=O)C1CCC1.Fc1ccc(-c2cc3cc(F)cc(F)c3[nH]2)cc1. The minimum absolute atomic E-state index is 0.133. The van der Waals surface area contributed by atoms with Crippen molar-refractivity contribution >= 4 is 16.8 Å². The van der Waals surface area contributed by atoms with Gasteiger partial charge in [-0.25, -0.2) is 13.2 Å². The number of benzene rings is 2. The fraction of sp³-hybridized carbons (Fsp3) is 0.444. The number of nitrogens with one attached hydrogen (secondary N) is 1. The van der Waals surface area contributed by atoms with Crippen LogP contribution < -0.4 is 0 Å². The van der Waals surface area contributed by atoms with Gasteiger partial charge in [-0.15, -0.1) is 0 Å². The highest BCUT2D eigenvalue weighted by Crippen LogP contribution is 2.33. The summed E-state index contributed by atoms with van der Waals surface area (Å²) in [6.07, 6.45) is 4.97. The zero-order valence-electron chi connectivity index (χ0n) is 19.8. The van der Waals surface area contributed by atoms with Crippen LogP contribution in [-0.4, -0.2) is 54.3 Å². The van der Waals surface area contributed by atoms with Crippen molar-refractivity contribution in [2.75, 3.05) is 33.4 Å². The second kappa shape index (κ2) is 10.8. The molecule has 2 aliphatic rings. The molecule has 1 saturated heterocycles. The molecule has 2 fully saturated rings. The summed E-state index contributed by atoms with van der Waals surface area (Å²) < 4.78 is 44.7. The molecular formula is C27H31F3N2O3. The van der Waals surface area contributed by atoms with Crippen molar-refractivity contribution in [3.05, 3.63) is 59.9 Å². The second-order valence-corrected chi connectivity index (χ2v) is 9.63. The molecule has 1 aromatic heterocycles. The first kappa shape index (κ1) is 25.3. The summed E-state index contributed by atoms with van der Waals surface area (Å²) in [4.78, 5) is 16.8. The second-order valence-electron chi connectivity index (χ2n) is 9.63. The van der Waals surface area contributed by atoms with Crippen molar-refractivity contribution in [3.63, 3.8) is 0 Å². The highest BCUT2D eigenvalue weighted by molar-refractivity contribution is 5.86. The van der Waals surface area contributed by atoms with Gasteiger partial charge in [0.05, 0.1) is 12.1 Å². The summed E-state index contributed by atoms with van der Waals surface area (Å²) in [7, 11) is 1.87. The highest BCUT2D eigenvalue weighted by Gasteiger charge is 2.36. The molecular weight excluding hydrogens is 457 g/mol. The van der Waals surface area contributed by atoms with E-state index < -0.39 is 11.6 Å². The highest BCUT2D eigenvalue weighted by atomic mass is 19.1. The van der Waals surface area contributed by atoms with Crippen LogP contribution in [0.1, 0.15) is 32.1 Å². The summed E-state index contributed by atoms with van der Waals surface area (Å²) in [6.45, 7) is 2.22. The van der Waals surface area contributed by atoms with Crippen molar-refractivity contribution in [1.82, 2.24) is 9.88 Å². The lowest BCUT2D eigenvalue weighted by Crippen LogP contribution is -2.46. The van der Waals surface area contributed by atoms with E-state index in [0.29, 0.717) is 36.4 Å². The van der Waals surface area contributed by atoms with Crippen LogP contribution in [0, 0.1) is 28.8 Å². The Kier molecular flexibility index (Phi) is 7.82. The molecule has 35 heavy (non-hydrogen) atoms. The third kappa shape index (κ3) is 5.87. The van der Waals surface area contributed by atoms with E-state index in [1.807, 2.05) is 11.9 Å². The summed E-state index contributed by atoms with van der Waals surface area (Å²) in [5.41, 5.74) is 1.45. The Hall–Kier alpha value is -2.84. The molecule has 1 aliphatic heterocycles. The number of ether oxygens (including phenoxy) is 1. The van der Waals surface area contributed by atoms with Crippen LogP contribution in [0.25, 0.3) is 22.2 Å². The number of carbonyl (C=O) groups is 1. The van der Waals surface area contributed by atoms with Gasteiger partial charge in [0.1, 0.15) is 17.5 Å². The van der Waals surface area contributed by atoms with Gasteiger partial charge in [0.25, 0.3) is 0 Å². The average Bonchev–Trinajstić information content (AvgIpc) is 3.24. The fourth-order valence-electron chi connectivity index (χ4n) is 4.67. The quantitative estimate of drug-likeness (QED) is 0.513. The van der Waals surface area contributed by atoms with Crippen LogP contribution in [-0.2, 0) is 9.53 Å². The van der Waals surface area contributed by atoms with Crippen LogP contribution in [0.5, 0.6) is 0 Å². The number of halogens is 3. The Labute approximate surface area is 202 Å². The lowest BCUT2D eigenvalue weighted by atomic mass is 9.79. The molecule has 0 unspecified atom stereocenters. The number of aliphatic hydroxyl groups excluding tert-OH is 1. The molecule has 5 rings (SSSR count). The molecule has 0 radical (unpaired) electrons. The Morgan fingerprint density at radius 3 is 2.37 bits per heavy atom. The standard InChI is InChI=1S/C14H8F3N.C13H23NO3/c15-10-3-1-8(2-4-10)13-6-9-5-11(16)7-12(17)14(9)18-13;1-14(12(16)11-3-2-4-11)9-13(10-15)5-7-17-8-6-13/h1-7,18H;11,15H,2-10H2,1H3. The number of fused-ring (bicyclic) bond motifs is 1. The summed E-state index contributed by atoms with van der Waals surface area (Å²) in [5, 5.41) is 10.0. The molecule has 2 N–H and O–H groups in total. The largest absolute Gasteiger partial charge is 0.396 e. The number of hydrogen-bond acceptors (Lipinski definition) is 3. The predicted molar refractivity (Wildman–Crippen MR) is 128 cm³/mol. The third-order valence-corrected chi connectivity index (χ3v) is 7.09. The van der Waals surface area contributed by atoms with E-state index in [0.717, 1.165) is 31.7 Å². The van der Waals surface area contributed by atoms with Crippen LogP contribution in [0.4, 0.5) is 13.2 Å². The number of rotatable bonds is 5. The van der Waals surface area contributed by atoms with Crippen molar-refractivity contribution in [2.24, 2.45) is 11.3 Å². The minimum atomic E-state index is -0.640. The number of nitrogens with zero attached hydrogens (tertiary/aromatic N) is 1. The first-order valence-electron chi connectivity index (χ1n) is 12.0. The Bertz CT molecular complexity index is 1150. The first-order chi connectivity index (χ1) is 16.8. The van der Waals surface area contributed by atoms with Crippen LogP contribution in [0.2, 0.25) is 0 Å². The van der Waals surface area contributed by atoms with Crippen molar-refractivity contribution in [1.29, 1.82) is 0 Å². The Balaban J connectivity index is 0.000000165. The lowest BCUT2D eigenvalue weighted by molar-refractivity contribution is -0.140. The van der Waals surface area contributed by atoms with E-state index >= 15 is 0 Å². The maximum absolute atomic E-state index is 13.5. The van der Waals surface area contributed by atoms with Gasteiger partial charge in [-0.3, -0.25) is 4.79 Å². The predicted octanol–water partition coefficient (Wildman–Crippen LogP) is 5.29. The van der Waals surface area contributed by atoms with Gasteiger partial charge in [-0.2, -0.15) is 0 Å². The molecule has 2 heterocycles. The molecule has 0 spiro atoms. The van der Waals surface area contributed by atoms with E-state index in [-0.39, 0.29) is 35.2 Å². The van der Waals surface area contributed by atoms with Gasteiger partial charge in [0, 0.05) is 55.3 Å². The third-order valence-electron chi connectivity index (χ3n) is 7.09. The van der Waals surface area contributed by atoms with Gasteiger partial charge in [-0.05, 0) is 67.6 Å². The van der Waals surface area contributed by atoms with Gasteiger partial charge >= 0.3 is 0 Å². The molecule has 3 aromatic rings. The maximum atomic E-state index is 13.5. The number of aromatic nitrogens is 1. The number of aliphatic hydroxyl groups is 1. The van der Waals surface area contributed by atoms with Gasteiger partial charge in [0.15, 0.2) is 0 Å². The summed E-state index contributed by atoms with van der Waals surface area (Å²) in [5.74, 6) is -1.10. The summed E-state index contributed by atoms with van der Waals surface area (Å²) >= 11 is 0. The fourth-order valence-corrected chi connectivity index (χ4v) is 4.67. The lowest BCUT2D eigenvalue weighted by Gasteiger charge is -2.40. The van der Waals surface area contributed by atoms with Crippen LogP contribution in [0.3, 0.4) is 0 Å². The number of aromatic amines is 1. The molecule has 1 amide bonds. The zero-order valence-corrected chi connectivity index (χ0v) is 19.8. The monoisotopic (exact) mass is 488 g/mol. The Morgan fingerprint density at radius 1 is 1.09 bits per heavy atom. The number of H-pyrrole nitrogens is 1. The van der Waals surface area contributed by atoms with E-state index in [2.05, 4.69) is 4.98 Å². The molecule has 0 bridgehead atoms. The maximum Gasteiger partial charge on any atom is 0.225 e. The molecule has 1 aliphatic carbocycles. The van der Waals surface area contributed by atoms with E-state index in [1.165, 1.54) is 24.6 Å². The van der Waals surface area contributed by atoms with Crippen molar-refractivity contribution in [3.8, 4) is 11.3 Å². The number of amides is 1. The van der Waals surface area contributed by atoms with Crippen LogP contribution >= 0.6 is 0 Å².